The molecule has 0 aliphatic rings. The highest BCUT2D eigenvalue weighted by atomic mass is 79.9. The molecule has 0 fully saturated rings. The maximum absolute atomic E-state index is 4.81. The van der Waals surface area contributed by atoms with E-state index >= 15 is 0 Å². The number of halogens is 1. The lowest BCUT2D eigenvalue weighted by atomic mass is 10.2. The van der Waals surface area contributed by atoms with Crippen LogP contribution < -0.4 is 0 Å². The molecule has 2 aromatic heterocycles. The third kappa shape index (κ3) is 2.35. The summed E-state index contributed by atoms with van der Waals surface area (Å²) in [6.45, 7) is 5.46. The summed E-state index contributed by atoms with van der Waals surface area (Å²) in [4.78, 5) is 6.02. The number of rotatable bonds is 3. The number of imidazole rings is 1. The van der Waals surface area contributed by atoms with E-state index in [1.54, 1.807) is 11.3 Å². The van der Waals surface area contributed by atoms with E-state index in [9.17, 15) is 0 Å². The standard InChI is InChI=1S/C15H15BrN2S/c1-10(2)9-18-13-6-4-3-5-12(13)17-15(18)14-11(16)7-8-19-14/h3-8,10H,9H2,1-2H3. The number of thiophene rings is 1. The lowest BCUT2D eigenvalue weighted by Gasteiger charge is -2.11. The fraction of sp³-hybridized carbons (Fsp3) is 0.267. The Balaban J connectivity index is 2.26. The molecule has 0 saturated heterocycles. The molecule has 0 atom stereocenters. The first kappa shape index (κ1) is 12.9. The van der Waals surface area contributed by atoms with Crippen molar-refractivity contribution in [1.29, 1.82) is 0 Å². The van der Waals surface area contributed by atoms with Crippen molar-refractivity contribution < 1.29 is 0 Å². The van der Waals surface area contributed by atoms with Crippen molar-refractivity contribution in [2.75, 3.05) is 0 Å². The van der Waals surface area contributed by atoms with Crippen molar-refractivity contribution in [2.45, 2.75) is 20.4 Å². The lowest BCUT2D eigenvalue weighted by molar-refractivity contribution is 0.537. The first-order valence-electron chi connectivity index (χ1n) is 6.35. The van der Waals surface area contributed by atoms with Crippen LogP contribution >= 0.6 is 27.3 Å². The molecule has 1 aromatic carbocycles. The second-order valence-corrected chi connectivity index (χ2v) is 6.80. The number of hydrogen-bond acceptors (Lipinski definition) is 2. The largest absolute Gasteiger partial charge is 0.323 e. The van der Waals surface area contributed by atoms with Crippen LogP contribution in [0, 0.1) is 5.92 Å². The average molecular weight is 335 g/mol. The highest BCUT2D eigenvalue weighted by Gasteiger charge is 2.16. The maximum Gasteiger partial charge on any atom is 0.152 e. The third-order valence-electron chi connectivity index (χ3n) is 3.02. The fourth-order valence-electron chi connectivity index (χ4n) is 2.25. The number of para-hydroxylation sites is 2. The summed E-state index contributed by atoms with van der Waals surface area (Å²) < 4.78 is 3.45. The number of benzene rings is 1. The van der Waals surface area contributed by atoms with E-state index in [1.165, 1.54) is 10.4 Å². The molecule has 3 aromatic rings. The minimum atomic E-state index is 0.593. The van der Waals surface area contributed by atoms with Gasteiger partial charge in [-0.15, -0.1) is 11.3 Å². The van der Waals surface area contributed by atoms with Gasteiger partial charge in [-0.2, -0.15) is 0 Å². The van der Waals surface area contributed by atoms with Crippen LogP contribution in [0.25, 0.3) is 21.7 Å². The molecule has 0 bridgehead atoms. The predicted octanol–water partition coefficient (Wildman–Crippen LogP) is 5.18. The molecule has 3 rings (SSSR count). The molecule has 0 aliphatic carbocycles. The van der Waals surface area contributed by atoms with Gasteiger partial charge in [0.25, 0.3) is 0 Å². The molecular weight excluding hydrogens is 320 g/mol. The zero-order valence-electron chi connectivity index (χ0n) is 10.9. The molecule has 0 amide bonds. The molecule has 0 N–H and O–H groups in total. The van der Waals surface area contributed by atoms with Crippen LogP contribution in [0.5, 0.6) is 0 Å². The minimum absolute atomic E-state index is 0.593. The molecule has 2 nitrogen and oxygen atoms in total. The number of fused-ring (bicyclic) bond motifs is 1. The Morgan fingerprint density at radius 3 is 2.74 bits per heavy atom. The smallest absolute Gasteiger partial charge is 0.152 e. The van der Waals surface area contributed by atoms with Crippen molar-refractivity contribution in [3.05, 3.63) is 40.2 Å². The van der Waals surface area contributed by atoms with Crippen LogP contribution in [0.4, 0.5) is 0 Å². The lowest BCUT2D eigenvalue weighted by Crippen LogP contribution is -2.05. The second-order valence-electron chi connectivity index (χ2n) is 5.03. The number of nitrogens with zero attached hydrogens (tertiary/aromatic N) is 2. The summed E-state index contributed by atoms with van der Waals surface area (Å²) in [5, 5.41) is 2.10. The van der Waals surface area contributed by atoms with Gasteiger partial charge in [0.15, 0.2) is 5.82 Å². The molecule has 0 aliphatic heterocycles. The molecule has 0 saturated carbocycles. The summed E-state index contributed by atoms with van der Waals surface area (Å²) in [5.41, 5.74) is 2.28. The molecule has 0 spiro atoms. The van der Waals surface area contributed by atoms with Crippen molar-refractivity contribution in [1.82, 2.24) is 9.55 Å². The Morgan fingerprint density at radius 2 is 2.05 bits per heavy atom. The van der Waals surface area contributed by atoms with E-state index in [0.29, 0.717) is 5.92 Å². The van der Waals surface area contributed by atoms with Crippen molar-refractivity contribution >= 4 is 38.3 Å². The van der Waals surface area contributed by atoms with Crippen LogP contribution in [0.15, 0.2) is 40.2 Å². The molecular formula is C15H15BrN2S. The first-order chi connectivity index (χ1) is 9.16. The number of hydrogen-bond donors (Lipinski definition) is 0. The van der Waals surface area contributed by atoms with Gasteiger partial charge >= 0.3 is 0 Å². The Labute approximate surface area is 125 Å². The molecule has 4 heteroatoms. The van der Waals surface area contributed by atoms with E-state index in [4.69, 9.17) is 4.98 Å². The SMILES string of the molecule is CC(C)Cn1c(-c2sccc2Br)nc2ccccc21. The highest BCUT2D eigenvalue weighted by molar-refractivity contribution is 9.10. The minimum Gasteiger partial charge on any atom is -0.323 e. The zero-order valence-corrected chi connectivity index (χ0v) is 13.3. The Kier molecular flexibility index (Phi) is 3.46. The third-order valence-corrected chi connectivity index (χ3v) is 4.86. The van der Waals surface area contributed by atoms with E-state index in [1.807, 2.05) is 6.07 Å². The van der Waals surface area contributed by atoms with E-state index in [-0.39, 0.29) is 0 Å². The van der Waals surface area contributed by atoms with Crippen molar-refractivity contribution in [3.8, 4) is 10.7 Å². The zero-order chi connectivity index (χ0) is 13.4. The first-order valence-corrected chi connectivity index (χ1v) is 8.02. The van der Waals surface area contributed by atoms with Gasteiger partial charge in [-0.1, -0.05) is 26.0 Å². The molecule has 19 heavy (non-hydrogen) atoms. The van der Waals surface area contributed by atoms with Crippen molar-refractivity contribution in [3.63, 3.8) is 0 Å². The van der Waals surface area contributed by atoms with E-state index in [2.05, 4.69) is 64.0 Å². The summed E-state index contributed by atoms with van der Waals surface area (Å²) in [6.07, 6.45) is 0. The van der Waals surface area contributed by atoms with Crippen LogP contribution in [0.1, 0.15) is 13.8 Å². The Morgan fingerprint density at radius 1 is 1.26 bits per heavy atom. The summed E-state index contributed by atoms with van der Waals surface area (Å²) in [6, 6.07) is 10.4. The molecule has 0 unspecified atom stereocenters. The second kappa shape index (κ2) is 5.10. The summed E-state index contributed by atoms with van der Waals surface area (Å²) >= 11 is 5.35. The number of aromatic nitrogens is 2. The van der Waals surface area contributed by atoms with Crippen molar-refractivity contribution in [2.24, 2.45) is 5.92 Å². The summed E-state index contributed by atoms with van der Waals surface area (Å²) in [7, 11) is 0. The molecule has 98 valence electrons. The van der Waals surface area contributed by atoms with Crippen LogP contribution in [-0.2, 0) is 6.54 Å². The van der Waals surface area contributed by atoms with Crippen LogP contribution in [-0.4, -0.2) is 9.55 Å². The molecule has 0 radical (unpaired) electrons. The average Bonchev–Trinajstić information content (AvgIpc) is 2.93. The summed E-state index contributed by atoms with van der Waals surface area (Å²) in [5.74, 6) is 1.66. The monoisotopic (exact) mass is 334 g/mol. The van der Waals surface area contributed by atoms with E-state index < -0.39 is 0 Å². The maximum atomic E-state index is 4.81. The van der Waals surface area contributed by atoms with Gasteiger partial charge in [0.1, 0.15) is 0 Å². The predicted molar refractivity (Wildman–Crippen MR) is 85.6 cm³/mol. The van der Waals surface area contributed by atoms with Gasteiger partial charge in [-0.25, -0.2) is 4.98 Å². The van der Waals surface area contributed by atoms with Gasteiger partial charge in [-0.05, 0) is 45.4 Å². The quantitative estimate of drug-likeness (QED) is 0.645. The molecule has 2 heterocycles. The highest BCUT2D eigenvalue weighted by Crippen LogP contribution is 2.35. The van der Waals surface area contributed by atoms with Gasteiger partial charge in [0.05, 0.1) is 15.9 Å². The normalized spacial score (nSPS) is 11.6. The Bertz CT molecular complexity index is 712. The fourth-order valence-corrected chi connectivity index (χ4v) is 3.80. The Hall–Kier alpha value is -1.13. The topological polar surface area (TPSA) is 17.8 Å². The van der Waals surface area contributed by atoms with Gasteiger partial charge < -0.3 is 4.57 Å². The van der Waals surface area contributed by atoms with Crippen LogP contribution in [0.2, 0.25) is 0 Å². The van der Waals surface area contributed by atoms with E-state index in [0.717, 1.165) is 22.4 Å². The van der Waals surface area contributed by atoms with Gasteiger partial charge in [0, 0.05) is 11.0 Å². The van der Waals surface area contributed by atoms with Gasteiger partial charge in [-0.3, -0.25) is 0 Å². The van der Waals surface area contributed by atoms with Crippen LogP contribution in [0.3, 0.4) is 0 Å². The van der Waals surface area contributed by atoms with Gasteiger partial charge in [0.2, 0.25) is 0 Å².